The summed E-state index contributed by atoms with van der Waals surface area (Å²) >= 11 is 0. The predicted molar refractivity (Wildman–Crippen MR) is 70.9 cm³/mol. The molecule has 0 saturated carbocycles. The van der Waals surface area contributed by atoms with Gasteiger partial charge in [0.05, 0.1) is 0 Å². The van der Waals surface area contributed by atoms with Gasteiger partial charge in [-0.3, -0.25) is 0 Å². The third-order valence-corrected chi connectivity index (χ3v) is 3.79. The average Bonchev–Trinajstić information content (AvgIpc) is 2.35. The Labute approximate surface area is 100 Å². The number of fused-ring (bicyclic) bond motifs is 1. The van der Waals surface area contributed by atoms with Gasteiger partial charge in [0.15, 0.2) is 0 Å². The molecular weight excluding hydrogens is 192 g/mol. The van der Waals surface area contributed by atoms with Gasteiger partial charge in [-0.25, -0.2) is 0 Å². The maximum atomic E-state index is 2.36. The quantitative estimate of drug-likeness (QED) is 0.626. The lowest BCUT2D eigenvalue weighted by molar-refractivity contribution is 0.648. The summed E-state index contributed by atoms with van der Waals surface area (Å²) in [5.41, 5.74) is 4.98. The fourth-order valence-electron chi connectivity index (χ4n) is 2.84. The minimum absolute atomic E-state index is 1.31. The first kappa shape index (κ1) is 11.7. The molecule has 0 aliphatic heterocycles. The van der Waals surface area contributed by atoms with Crippen LogP contribution in [-0.4, -0.2) is 0 Å². The van der Waals surface area contributed by atoms with Crippen molar-refractivity contribution in [3.8, 4) is 0 Å². The van der Waals surface area contributed by atoms with E-state index in [0.717, 1.165) is 0 Å². The number of aryl methyl sites for hydroxylation is 2. The predicted octanol–water partition coefficient (Wildman–Crippen LogP) is 4.69. The fraction of sp³-hybridized carbons (Fsp3) is 0.625. The van der Waals surface area contributed by atoms with Gasteiger partial charge in [-0.15, -0.1) is 0 Å². The molecule has 2 rings (SSSR count). The molecule has 0 aromatic heterocycles. The second-order valence-electron chi connectivity index (χ2n) is 5.07. The van der Waals surface area contributed by atoms with E-state index in [2.05, 4.69) is 25.1 Å². The molecule has 1 aliphatic carbocycles. The largest absolute Gasteiger partial charge is 0.0654 e. The van der Waals surface area contributed by atoms with Crippen molar-refractivity contribution in [1.82, 2.24) is 0 Å². The Hall–Kier alpha value is -0.780. The van der Waals surface area contributed by atoms with Crippen molar-refractivity contribution in [3.05, 3.63) is 34.9 Å². The highest BCUT2D eigenvalue weighted by Gasteiger charge is 2.11. The summed E-state index contributed by atoms with van der Waals surface area (Å²) in [6.07, 6.45) is 12.3. The van der Waals surface area contributed by atoms with Crippen molar-refractivity contribution in [2.75, 3.05) is 0 Å². The lowest BCUT2D eigenvalue weighted by atomic mass is 9.86. The third-order valence-electron chi connectivity index (χ3n) is 3.79. The van der Waals surface area contributed by atoms with Crippen LogP contribution < -0.4 is 0 Å². The van der Waals surface area contributed by atoms with Gasteiger partial charge in [-0.05, 0) is 55.2 Å². The van der Waals surface area contributed by atoms with Crippen molar-refractivity contribution in [3.63, 3.8) is 0 Å². The lowest BCUT2D eigenvalue weighted by Gasteiger charge is -2.19. The lowest BCUT2D eigenvalue weighted by Crippen LogP contribution is -2.06. The standard InChI is InChI=1S/C16H24/c1-2-3-4-5-9-14-11-8-12-15-10-6-7-13-16(14)15/h8,11-12H,2-7,9-10,13H2,1H3. The second-order valence-corrected chi connectivity index (χ2v) is 5.07. The Morgan fingerprint density at radius 3 is 2.75 bits per heavy atom. The zero-order valence-electron chi connectivity index (χ0n) is 10.6. The van der Waals surface area contributed by atoms with Gasteiger partial charge in [0.25, 0.3) is 0 Å². The molecule has 1 aromatic rings. The van der Waals surface area contributed by atoms with Gasteiger partial charge in [0.1, 0.15) is 0 Å². The van der Waals surface area contributed by atoms with E-state index in [1.165, 1.54) is 57.8 Å². The SMILES string of the molecule is CCCCCCc1cccc2c1CCCC2. The minimum atomic E-state index is 1.31. The molecule has 0 heterocycles. The molecule has 0 spiro atoms. The summed E-state index contributed by atoms with van der Waals surface area (Å²) in [6.45, 7) is 2.28. The zero-order chi connectivity index (χ0) is 11.2. The molecule has 0 bridgehead atoms. The molecule has 1 aliphatic rings. The van der Waals surface area contributed by atoms with Crippen LogP contribution in [0.3, 0.4) is 0 Å². The summed E-state index contributed by atoms with van der Waals surface area (Å²) in [6, 6.07) is 6.96. The summed E-state index contributed by atoms with van der Waals surface area (Å²) < 4.78 is 0. The van der Waals surface area contributed by atoms with E-state index in [-0.39, 0.29) is 0 Å². The Bertz CT molecular complexity index is 325. The van der Waals surface area contributed by atoms with Crippen LogP contribution in [0.25, 0.3) is 0 Å². The highest BCUT2D eigenvalue weighted by Crippen LogP contribution is 2.25. The molecule has 16 heavy (non-hydrogen) atoms. The van der Waals surface area contributed by atoms with Crippen LogP contribution >= 0.6 is 0 Å². The topological polar surface area (TPSA) is 0 Å². The van der Waals surface area contributed by atoms with Gasteiger partial charge in [0.2, 0.25) is 0 Å². The molecule has 0 fully saturated rings. The molecule has 1 aromatic carbocycles. The first-order valence-corrected chi connectivity index (χ1v) is 7.01. The molecule has 0 radical (unpaired) electrons. The zero-order valence-corrected chi connectivity index (χ0v) is 10.6. The fourth-order valence-corrected chi connectivity index (χ4v) is 2.84. The molecule has 0 nitrogen and oxygen atoms in total. The first-order valence-electron chi connectivity index (χ1n) is 7.01. The maximum Gasteiger partial charge on any atom is -0.0273 e. The summed E-state index contributed by atoms with van der Waals surface area (Å²) in [5, 5.41) is 0. The average molecular weight is 216 g/mol. The van der Waals surface area contributed by atoms with Crippen LogP contribution in [0.4, 0.5) is 0 Å². The highest BCUT2D eigenvalue weighted by atomic mass is 14.2. The van der Waals surface area contributed by atoms with Crippen molar-refractivity contribution in [1.29, 1.82) is 0 Å². The third kappa shape index (κ3) is 2.87. The molecule has 0 heteroatoms. The Balaban J connectivity index is 1.97. The van der Waals surface area contributed by atoms with Crippen LogP contribution in [-0.2, 0) is 19.3 Å². The monoisotopic (exact) mass is 216 g/mol. The molecule has 0 amide bonds. The van der Waals surface area contributed by atoms with Crippen LogP contribution in [0.2, 0.25) is 0 Å². The summed E-state index contributed by atoms with van der Waals surface area (Å²) in [5.74, 6) is 0. The molecule has 88 valence electrons. The molecule has 0 atom stereocenters. The van der Waals surface area contributed by atoms with E-state index in [4.69, 9.17) is 0 Å². The molecule has 0 N–H and O–H groups in total. The van der Waals surface area contributed by atoms with E-state index in [0.29, 0.717) is 0 Å². The smallest absolute Gasteiger partial charge is 0.0273 e. The summed E-state index contributed by atoms with van der Waals surface area (Å²) in [7, 11) is 0. The van der Waals surface area contributed by atoms with Crippen molar-refractivity contribution in [2.45, 2.75) is 64.7 Å². The highest BCUT2D eigenvalue weighted by molar-refractivity contribution is 5.37. The van der Waals surface area contributed by atoms with Crippen LogP contribution in [0.1, 0.15) is 62.1 Å². The van der Waals surface area contributed by atoms with Crippen molar-refractivity contribution in [2.24, 2.45) is 0 Å². The molecule has 0 unspecified atom stereocenters. The van der Waals surface area contributed by atoms with Gasteiger partial charge in [0, 0.05) is 0 Å². The number of hydrogen-bond donors (Lipinski definition) is 0. The van der Waals surface area contributed by atoms with Crippen LogP contribution in [0.5, 0.6) is 0 Å². The Morgan fingerprint density at radius 1 is 1.00 bits per heavy atom. The van der Waals surface area contributed by atoms with Gasteiger partial charge < -0.3 is 0 Å². The minimum Gasteiger partial charge on any atom is -0.0654 e. The number of benzene rings is 1. The summed E-state index contributed by atoms with van der Waals surface area (Å²) in [4.78, 5) is 0. The number of hydrogen-bond acceptors (Lipinski definition) is 0. The van der Waals surface area contributed by atoms with Gasteiger partial charge >= 0.3 is 0 Å². The molecular formula is C16H24. The van der Waals surface area contributed by atoms with E-state index in [1.54, 1.807) is 16.7 Å². The van der Waals surface area contributed by atoms with E-state index >= 15 is 0 Å². The van der Waals surface area contributed by atoms with E-state index in [9.17, 15) is 0 Å². The second kappa shape index (κ2) is 6.08. The van der Waals surface area contributed by atoms with Crippen LogP contribution in [0.15, 0.2) is 18.2 Å². The van der Waals surface area contributed by atoms with Gasteiger partial charge in [-0.1, -0.05) is 44.4 Å². The van der Waals surface area contributed by atoms with Gasteiger partial charge in [-0.2, -0.15) is 0 Å². The van der Waals surface area contributed by atoms with Crippen molar-refractivity contribution < 1.29 is 0 Å². The first-order chi connectivity index (χ1) is 7.92. The van der Waals surface area contributed by atoms with Crippen molar-refractivity contribution >= 4 is 0 Å². The van der Waals surface area contributed by atoms with Crippen LogP contribution in [0, 0.1) is 0 Å². The van der Waals surface area contributed by atoms with E-state index in [1.807, 2.05) is 0 Å². The number of unbranched alkanes of at least 4 members (excludes halogenated alkanes) is 3. The molecule has 0 saturated heterocycles. The maximum absolute atomic E-state index is 2.36. The normalized spacial score (nSPS) is 14.8. The number of rotatable bonds is 5. The van der Waals surface area contributed by atoms with E-state index < -0.39 is 0 Å². The Kier molecular flexibility index (Phi) is 4.44. The Morgan fingerprint density at radius 2 is 1.88 bits per heavy atom.